The molecular formula is C14H14Cl2N4O3S2. The fourth-order valence-corrected chi connectivity index (χ4v) is 4.31. The predicted octanol–water partition coefficient (Wildman–Crippen LogP) is 2.99. The highest BCUT2D eigenvalue weighted by atomic mass is 35.5. The van der Waals surface area contributed by atoms with Gasteiger partial charge in [0.05, 0.1) is 28.0 Å². The number of hydrogen-bond donors (Lipinski definition) is 2. The molecule has 0 spiro atoms. The molecule has 3 heterocycles. The second kappa shape index (κ2) is 7.88. The number of ether oxygens (including phenoxy) is 1. The molecule has 0 aromatic carbocycles. The molecule has 1 aliphatic heterocycles. The minimum absolute atomic E-state index is 0.207. The van der Waals surface area contributed by atoms with Crippen molar-refractivity contribution in [2.75, 3.05) is 25.0 Å². The van der Waals surface area contributed by atoms with Gasteiger partial charge in [-0.2, -0.15) is 0 Å². The van der Waals surface area contributed by atoms with Crippen LogP contribution in [0.1, 0.15) is 15.4 Å². The SMILES string of the molecule is CNCc1nc(N2C[C@H](CNC(=O)c3ccc(Cl)s3)OC2=O)sc1Cl. The average Bonchev–Trinajstić information content (AvgIpc) is 3.25. The number of hydrogen-bond acceptors (Lipinski definition) is 7. The molecule has 2 aromatic rings. The summed E-state index contributed by atoms with van der Waals surface area (Å²) in [6.45, 7) is 1.02. The van der Waals surface area contributed by atoms with Crippen LogP contribution in [0, 0.1) is 0 Å². The van der Waals surface area contributed by atoms with Crippen LogP contribution in [-0.4, -0.2) is 43.2 Å². The first-order valence-corrected chi connectivity index (χ1v) is 9.68. The molecule has 0 radical (unpaired) electrons. The zero-order chi connectivity index (χ0) is 18.0. The Morgan fingerprint density at radius 3 is 2.92 bits per heavy atom. The van der Waals surface area contributed by atoms with E-state index in [1.54, 1.807) is 19.2 Å². The smallest absolute Gasteiger partial charge is 0.416 e. The molecule has 2 N–H and O–H groups in total. The fourth-order valence-electron chi connectivity index (χ4n) is 2.23. The van der Waals surface area contributed by atoms with Gasteiger partial charge in [0.1, 0.15) is 10.4 Å². The second-order valence-corrected chi connectivity index (χ2v) is 8.47. The van der Waals surface area contributed by atoms with Gasteiger partial charge in [-0.1, -0.05) is 34.5 Å². The van der Waals surface area contributed by atoms with E-state index in [1.807, 2.05) is 0 Å². The summed E-state index contributed by atoms with van der Waals surface area (Å²) in [4.78, 5) is 30.4. The number of nitrogens with one attached hydrogen (secondary N) is 2. The van der Waals surface area contributed by atoms with Crippen molar-refractivity contribution in [3.63, 3.8) is 0 Å². The molecule has 2 aromatic heterocycles. The Kier molecular flexibility index (Phi) is 5.80. The predicted molar refractivity (Wildman–Crippen MR) is 99.2 cm³/mol. The van der Waals surface area contributed by atoms with Crippen LogP contribution < -0.4 is 15.5 Å². The lowest BCUT2D eigenvalue weighted by molar-refractivity contribution is 0.0920. The van der Waals surface area contributed by atoms with Crippen molar-refractivity contribution in [1.29, 1.82) is 0 Å². The van der Waals surface area contributed by atoms with E-state index in [4.69, 9.17) is 27.9 Å². The summed E-state index contributed by atoms with van der Waals surface area (Å²) in [6.07, 6.45) is -0.956. The maximum Gasteiger partial charge on any atom is 0.416 e. The number of rotatable bonds is 6. The largest absolute Gasteiger partial charge is 0.442 e. The van der Waals surface area contributed by atoms with Gasteiger partial charge in [0.25, 0.3) is 5.91 Å². The van der Waals surface area contributed by atoms with Gasteiger partial charge in [-0.3, -0.25) is 4.79 Å². The van der Waals surface area contributed by atoms with Gasteiger partial charge in [-0.05, 0) is 19.2 Å². The Morgan fingerprint density at radius 2 is 2.24 bits per heavy atom. The van der Waals surface area contributed by atoms with E-state index in [1.165, 1.54) is 27.6 Å². The lowest BCUT2D eigenvalue weighted by atomic mass is 10.3. The summed E-state index contributed by atoms with van der Waals surface area (Å²) < 4.78 is 6.36. The highest BCUT2D eigenvalue weighted by Crippen LogP contribution is 2.32. The number of aromatic nitrogens is 1. The zero-order valence-corrected chi connectivity index (χ0v) is 16.2. The monoisotopic (exact) mass is 420 g/mol. The number of thiazole rings is 1. The minimum Gasteiger partial charge on any atom is -0.442 e. The van der Waals surface area contributed by atoms with Crippen molar-refractivity contribution in [2.45, 2.75) is 12.6 Å². The first-order valence-electron chi connectivity index (χ1n) is 7.29. The van der Waals surface area contributed by atoms with E-state index in [2.05, 4.69) is 15.6 Å². The molecule has 0 saturated carbocycles. The number of nitrogens with zero attached hydrogens (tertiary/aromatic N) is 2. The molecule has 1 aliphatic rings. The Bertz CT molecular complexity index is 795. The molecule has 0 unspecified atom stereocenters. The summed E-state index contributed by atoms with van der Waals surface area (Å²) >= 11 is 14.4. The third-order valence-corrected chi connectivity index (χ3v) is 5.96. The zero-order valence-electron chi connectivity index (χ0n) is 13.0. The molecule has 7 nitrogen and oxygen atoms in total. The van der Waals surface area contributed by atoms with Crippen molar-refractivity contribution in [3.05, 3.63) is 31.4 Å². The van der Waals surface area contributed by atoms with Crippen LogP contribution in [0.3, 0.4) is 0 Å². The lowest BCUT2D eigenvalue weighted by Crippen LogP contribution is -2.34. The van der Waals surface area contributed by atoms with Gasteiger partial charge in [-0.15, -0.1) is 11.3 Å². The molecule has 134 valence electrons. The Hall–Kier alpha value is -1.39. The van der Waals surface area contributed by atoms with E-state index >= 15 is 0 Å². The van der Waals surface area contributed by atoms with Gasteiger partial charge in [0.2, 0.25) is 0 Å². The van der Waals surface area contributed by atoms with Crippen molar-refractivity contribution in [3.8, 4) is 0 Å². The van der Waals surface area contributed by atoms with Crippen LogP contribution >= 0.6 is 45.9 Å². The van der Waals surface area contributed by atoms with Crippen LogP contribution in [0.5, 0.6) is 0 Å². The van der Waals surface area contributed by atoms with Crippen molar-refractivity contribution in [1.82, 2.24) is 15.6 Å². The van der Waals surface area contributed by atoms with Crippen molar-refractivity contribution < 1.29 is 14.3 Å². The van der Waals surface area contributed by atoms with Crippen molar-refractivity contribution in [2.24, 2.45) is 0 Å². The molecule has 0 aliphatic carbocycles. The van der Waals surface area contributed by atoms with Crippen LogP contribution in [0.2, 0.25) is 8.67 Å². The minimum atomic E-state index is -0.500. The maximum absolute atomic E-state index is 12.1. The second-order valence-electron chi connectivity index (χ2n) is 5.18. The summed E-state index contributed by atoms with van der Waals surface area (Å²) in [5.74, 6) is -0.250. The van der Waals surface area contributed by atoms with E-state index in [0.29, 0.717) is 37.5 Å². The van der Waals surface area contributed by atoms with Gasteiger partial charge in [0, 0.05) is 6.54 Å². The number of anilines is 1. The lowest BCUT2D eigenvalue weighted by Gasteiger charge is -2.09. The van der Waals surface area contributed by atoms with Crippen LogP contribution in [0.15, 0.2) is 12.1 Å². The highest BCUT2D eigenvalue weighted by Gasteiger charge is 2.35. The van der Waals surface area contributed by atoms with Crippen LogP contribution in [0.4, 0.5) is 9.93 Å². The standard InChI is InChI=1S/C14H14Cl2N4O3S2/c1-17-5-8-11(16)25-13(19-8)20-6-7(23-14(20)22)4-18-12(21)9-2-3-10(15)24-9/h2-3,7,17H,4-6H2,1H3,(H,18,21)/t7-/m0/s1. The molecule has 3 rings (SSSR count). The summed E-state index contributed by atoms with van der Waals surface area (Å²) in [5, 5.41) is 6.19. The third-order valence-electron chi connectivity index (χ3n) is 3.37. The van der Waals surface area contributed by atoms with Gasteiger partial charge in [0.15, 0.2) is 5.13 Å². The molecule has 11 heteroatoms. The quantitative estimate of drug-likeness (QED) is 0.750. The first-order chi connectivity index (χ1) is 12.0. The average molecular weight is 421 g/mol. The molecule has 25 heavy (non-hydrogen) atoms. The molecule has 1 fully saturated rings. The Balaban J connectivity index is 1.59. The molecule has 0 bridgehead atoms. The summed E-state index contributed by atoms with van der Waals surface area (Å²) in [7, 11) is 1.79. The molecule has 2 amide bonds. The van der Waals surface area contributed by atoms with E-state index in [-0.39, 0.29) is 12.5 Å². The fraction of sp³-hybridized carbons (Fsp3) is 0.357. The third kappa shape index (κ3) is 4.24. The van der Waals surface area contributed by atoms with Crippen molar-refractivity contribution >= 4 is 63.0 Å². The Labute approximate surface area is 161 Å². The maximum atomic E-state index is 12.1. The highest BCUT2D eigenvalue weighted by molar-refractivity contribution is 7.19. The molecule has 1 atom stereocenters. The van der Waals surface area contributed by atoms with Crippen LogP contribution in [-0.2, 0) is 11.3 Å². The first kappa shape index (κ1) is 18.4. The normalized spacial score (nSPS) is 17.0. The number of cyclic esters (lactones) is 1. The van der Waals surface area contributed by atoms with Crippen LogP contribution in [0.25, 0.3) is 0 Å². The number of amides is 2. The van der Waals surface area contributed by atoms with E-state index in [9.17, 15) is 9.59 Å². The van der Waals surface area contributed by atoms with E-state index in [0.717, 1.165) is 0 Å². The molecular weight excluding hydrogens is 407 g/mol. The number of carbonyl (C=O) groups is 2. The Morgan fingerprint density at radius 1 is 1.44 bits per heavy atom. The number of halogens is 2. The van der Waals surface area contributed by atoms with Gasteiger partial charge in [-0.25, -0.2) is 14.7 Å². The topological polar surface area (TPSA) is 83.6 Å². The van der Waals surface area contributed by atoms with Gasteiger partial charge < -0.3 is 15.4 Å². The summed E-state index contributed by atoms with van der Waals surface area (Å²) in [5.41, 5.74) is 0.684. The number of carbonyl (C=O) groups excluding carboxylic acids is 2. The van der Waals surface area contributed by atoms with Gasteiger partial charge >= 0.3 is 6.09 Å². The number of thiophene rings is 1. The molecule has 1 saturated heterocycles. The van der Waals surface area contributed by atoms with E-state index < -0.39 is 12.2 Å². The summed E-state index contributed by atoms with van der Waals surface area (Å²) in [6, 6.07) is 3.31.